The summed E-state index contributed by atoms with van der Waals surface area (Å²) in [6.45, 7) is 0. The number of aromatic amines is 1. The molecule has 0 unspecified atom stereocenters. The number of H-pyrrole nitrogens is 1. The van der Waals surface area contributed by atoms with E-state index in [1.54, 1.807) is 30.3 Å². The number of halogens is 1. The number of nitrogens with zero attached hydrogens (tertiary/aromatic N) is 3. The molecule has 11 nitrogen and oxygen atoms in total. The highest BCUT2D eigenvalue weighted by atomic mass is 35.5. The van der Waals surface area contributed by atoms with Crippen molar-refractivity contribution in [3.63, 3.8) is 0 Å². The largest absolute Gasteiger partial charge is 0.481 e. The van der Waals surface area contributed by atoms with Crippen LogP contribution in [0.25, 0.3) is 11.3 Å². The first kappa shape index (κ1) is 24.0. The highest BCUT2D eigenvalue weighted by molar-refractivity contribution is 7.92. The van der Waals surface area contributed by atoms with Crippen LogP contribution in [-0.2, 0) is 10.0 Å². The summed E-state index contributed by atoms with van der Waals surface area (Å²) in [5.74, 6) is -0.334. The van der Waals surface area contributed by atoms with Crippen molar-refractivity contribution in [1.29, 1.82) is 0 Å². The standard InChI is InChI=1S/C22H19ClN6O5S/c1-33-20-12-19(25-22(26-20)34-2)29-35(31,32)16-9-7-15(8-10-16)24-21(30)18-11-17(27-28-18)13-3-5-14(23)6-4-13/h3-12H,1-2H3,(H,24,30)(H,27,28)(H,25,26,29). The fourth-order valence-corrected chi connectivity index (χ4v) is 4.09. The first-order chi connectivity index (χ1) is 16.8. The SMILES string of the molecule is COc1cc(NS(=O)(=O)c2ccc(NC(=O)c3cc(-c4ccc(Cl)cc4)n[nH]3)cc2)nc(OC)n1. The van der Waals surface area contributed by atoms with Crippen LogP contribution in [-0.4, -0.2) is 48.7 Å². The number of rotatable bonds is 8. The Labute approximate surface area is 205 Å². The van der Waals surface area contributed by atoms with E-state index in [0.717, 1.165) is 5.56 Å². The number of amides is 1. The minimum absolute atomic E-state index is 0.0261. The van der Waals surface area contributed by atoms with E-state index in [2.05, 4.69) is 30.2 Å². The molecule has 2 aromatic heterocycles. The van der Waals surface area contributed by atoms with Gasteiger partial charge in [0, 0.05) is 22.3 Å². The maximum atomic E-state index is 12.8. The Hall–Kier alpha value is -4.16. The number of hydrogen-bond donors (Lipinski definition) is 3. The normalized spacial score (nSPS) is 11.1. The maximum absolute atomic E-state index is 12.8. The van der Waals surface area contributed by atoms with E-state index in [1.165, 1.54) is 44.6 Å². The van der Waals surface area contributed by atoms with Crippen molar-refractivity contribution < 1.29 is 22.7 Å². The molecule has 0 aliphatic rings. The Bertz CT molecular complexity index is 1430. The van der Waals surface area contributed by atoms with Crippen LogP contribution < -0.4 is 19.5 Å². The predicted octanol–water partition coefficient (Wildman–Crippen LogP) is 3.59. The number of anilines is 2. The zero-order valence-corrected chi connectivity index (χ0v) is 20.0. The number of sulfonamides is 1. The average Bonchev–Trinajstić information content (AvgIpc) is 3.35. The van der Waals surface area contributed by atoms with Gasteiger partial charge in [0.05, 0.1) is 24.8 Å². The van der Waals surface area contributed by atoms with Gasteiger partial charge in [0.1, 0.15) is 5.69 Å². The third-order valence-electron chi connectivity index (χ3n) is 4.70. The molecular formula is C22H19ClN6O5S. The van der Waals surface area contributed by atoms with E-state index < -0.39 is 15.9 Å². The summed E-state index contributed by atoms with van der Waals surface area (Å²) in [5.41, 5.74) is 2.00. The third-order valence-corrected chi connectivity index (χ3v) is 6.32. The highest BCUT2D eigenvalue weighted by Crippen LogP contribution is 2.23. The lowest BCUT2D eigenvalue weighted by Crippen LogP contribution is -2.15. The summed E-state index contributed by atoms with van der Waals surface area (Å²) in [6, 6.07) is 15.5. The summed E-state index contributed by atoms with van der Waals surface area (Å²) in [7, 11) is -1.25. The van der Waals surface area contributed by atoms with Crippen molar-refractivity contribution in [1.82, 2.24) is 20.2 Å². The van der Waals surface area contributed by atoms with Gasteiger partial charge in [-0.25, -0.2) is 8.42 Å². The minimum Gasteiger partial charge on any atom is -0.481 e. The zero-order valence-electron chi connectivity index (χ0n) is 18.4. The Morgan fingerprint density at radius 1 is 0.971 bits per heavy atom. The highest BCUT2D eigenvalue weighted by Gasteiger charge is 2.18. The summed E-state index contributed by atoms with van der Waals surface area (Å²) < 4.78 is 37.8. The van der Waals surface area contributed by atoms with E-state index in [9.17, 15) is 13.2 Å². The van der Waals surface area contributed by atoms with Crippen molar-refractivity contribution >= 4 is 39.0 Å². The summed E-state index contributed by atoms with van der Waals surface area (Å²) in [5, 5.41) is 10.1. The molecule has 13 heteroatoms. The molecule has 0 bridgehead atoms. The second-order valence-electron chi connectivity index (χ2n) is 7.04. The fraction of sp³-hybridized carbons (Fsp3) is 0.0909. The van der Waals surface area contributed by atoms with Gasteiger partial charge in [0.25, 0.3) is 15.9 Å². The molecule has 1 amide bonds. The van der Waals surface area contributed by atoms with E-state index in [1.807, 2.05) is 0 Å². The molecule has 0 spiro atoms. The number of carbonyl (C=O) groups excluding carboxylic acids is 1. The predicted molar refractivity (Wildman–Crippen MR) is 129 cm³/mol. The van der Waals surface area contributed by atoms with Crippen molar-refractivity contribution in [2.75, 3.05) is 24.3 Å². The van der Waals surface area contributed by atoms with Crippen LogP contribution in [0.5, 0.6) is 11.9 Å². The van der Waals surface area contributed by atoms with Gasteiger partial charge in [0.2, 0.25) is 5.88 Å². The molecule has 4 rings (SSSR count). The second kappa shape index (κ2) is 9.99. The van der Waals surface area contributed by atoms with Crippen LogP contribution in [0.3, 0.4) is 0 Å². The van der Waals surface area contributed by atoms with Crippen LogP contribution >= 0.6 is 11.6 Å². The van der Waals surface area contributed by atoms with Gasteiger partial charge >= 0.3 is 6.01 Å². The van der Waals surface area contributed by atoms with Crippen LogP contribution in [0.1, 0.15) is 10.5 Å². The molecule has 0 atom stereocenters. The third kappa shape index (κ3) is 5.67. The summed E-state index contributed by atoms with van der Waals surface area (Å²) in [6.07, 6.45) is 0. The second-order valence-corrected chi connectivity index (χ2v) is 9.16. The number of benzene rings is 2. The number of nitrogens with one attached hydrogen (secondary N) is 3. The lowest BCUT2D eigenvalue weighted by molar-refractivity contribution is 0.102. The van der Waals surface area contributed by atoms with Crippen molar-refractivity contribution in [3.8, 4) is 23.1 Å². The first-order valence-electron chi connectivity index (χ1n) is 10.00. The molecule has 0 fully saturated rings. The molecule has 0 saturated heterocycles. The number of methoxy groups -OCH3 is 2. The molecule has 0 aliphatic heterocycles. The molecule has 3 N–H and O–H groups in total. The summed E-state index contributed by atoms with van der Waals surface area (Å²) >= 11 is 5.90. The number of hydrogen-bond acceptors (Lipinski definition) is 8. The van der Waals surface area contributed by atoms with E-state index in [4.69, 9.17) is 21.1 Å². The van der Waals surface area contributed by atoms with E-state index in [0.29, 0.717) is 16.4 Å². The van der Waals surface area contributed by atoms with Gasteiger partial charge in [-0.1, -0.05) is 23.7 Å². The molecule has 0 aliphatic carbocycles. The molecular weight excluding hydrogens is 496 g/mol. The molecule has 180 valence electrons. The number of carbonyl (C=O) groups is 1. The Morgan fingerprint density at radius 2 is 1.69 bits per heavy atom. The lowest BCUT2D eigenvalue weighted by atomic mass is 10.1. The smallest absolute Gasteiger partial charge is 0.321 e. The van der Waals surface area contributed by atoms with E-state index >= 15 is 0 Å². The molecule has 0 radical (unpaired) electrons. The van der Waals surface area contributed by atoms with Gasteiger partial charge in [-0.15, -0.1) is 0 Å². The van der Waals surface area contributed by atoms with Crippen LogP contribution in [0.2, 0.25) is 5.02 Å². The molecule has 2 heterocycles. The molecule has 2 aromatic carbocycles. The Kier molecular flexibility index (Phi) is 6.85. The monoisotopic (exact) mass is 514 g/mol. The Morgan fingerprint density at radius 3 is 2.34 bits per heavy atom. The van der Waals surface area contributed by atoms with Gasteiger partial charge in [-0.3, -0.25) is 14.6 Å². The van der Waals surface area contributed by atoms with Crippen LogP contribution in [0.15, 0.2) is 65.6 Å². The van der Waals surface area contributed by atoms with Crippen LogP contribution in [0, 0.1) is 0 Å². The quantitative estimate of drug-likeness (QED) is 0.323. The van der Waals surface area contributed by atoms with Gasteiger partial charge in [-0.05, 0) is 42.5 Å². The fourth-order valence-electron chi connectivity index (χ4n) is 2.97. The van der Waals surface area contributed by atoms with Crippen molar-refractivity contribution in [2.24, 2.45) is 0 Å². The van der Waals surface area contributed by atoms with E-state index in [-0.39, 0.29) is 28.3 Å². The topological polar surface area (TPSA) is 148 Å². The number of aromatic nitrogens is 4. The number of ether oxygens (including phenoxy) is 2. The van der Waals surface area contributed by atoms with Gasteiger partial charge < -0.3 is 14.8 Å². The summed E-state index contributed by atoms with van der Waals surface area (Å²) in [4.78, 5) is 20.4. The Balaban J connectivity index is 1.45. The average molecular weight is 515 g/mol. The van der Waals surface area contributed by atoms with Crippen LogP contribution in [0.4, 0.5) is 11.5 Å². The molecule has 4 aromatic rings. The zero-order chi connectivity index (χ0) is 25.0. The maximum Gasteiger partial charge on any atom is 0.321 e. The molecule has 35 heavy (non-hydrogen) atoms. The van der Waals surface area contributed by atoms with Gasteiger partial charge in [-0.2, -0.15) is 15.1 Å². The minimum atomic E-state index is -3.98. The van der Waals surface area contributed by atoms with Crippen molar-refractivity contribution in [3.05, 3.63) is 71.4 Å². The van der Waals surface area contributed by atoms with Crippen molar-refractivity contribution in [2.45, 2.75) is 4.90 Å². The van der Waals surface area contributed by atoms with Gasteiger partial charge in [0.15, 0.2) is 5.82 Å². The first-order valence-corrected chi connectivity index (χ1v) is 11.9. The molecule has 0 saturated carbocycles. The lowest BCUT2D eigenvalue weighted by Gasteiger charge is -2.10.